The summed E-state index contributed by atoms with van der Waals surface area (Å²) in [6.45, 7) is 8.05. The maximum atomic E-state index is 5.73. The van der Waals surface area contributed by atoms with Crippen LogP contribution < -0.4 is 4.74 Å². The first-order chi connectivity index (χ1) is 11.9. The van der Waals surface area contributed by atoms with E-state index in [2.05, 4.69) is 26.6 Å². The van der Waals surface area contributed by atoms with Gasteiger partial charge in [-0.05, 0) is 19.1 Å². The fourth-order valence-electron chi connectivity index (χ4n) is 2.63. The lowest BCUT2D eigenvalue weighted by atomic mass is 10.3. The van der Waals surface area contributed by atoms with Crippen molar-refractivity contribution < 1.29 is 9.47 Å². The number of para-hydroxylation sites is 1. The average Bonchev–Trinajstić information content (AvgIpc) is 3.02. The summed E-state index contributed by atoms with van der Waals surface area (Å²) in [5.41, 5.74) is 0. The Balaban J connectivity index is 1.50. The third-order valence-corrected chi connectivity index (χ3v) is 4.84. The molecule has 0 unspecified atom stereocenters. The van der Waals surface area contributed by atoms with Gasteiger partial charge < -0.3 is 14.0 Å². The van der Waals surface area contributed by atoms with Gasteiger partial charge in [0.25, 0.3) is 0 Å². The minimum absolute atomic E-state index is 0.657. The van der Waals surface area contributed by atoms with Crippen molar-refractivity contribution in [2.75, 3.05) is 38.7 Å². The minimum atomic E-state index is 0.657. The van der Waals surface area contributed by atoms with Crippen LogP contribution in [-0.2, 0) is 17.8 Å². The molecule has 0 bridgehead atoms. The number of benzene rings is 1. The van der Waals surface area contributed by atoms with Gasteiger partial charge in [0, 0.05) is 25.4 Å². The van der Waals surface area contributed by atoms with E-state index in [1.807, 2.05) is 30.3 Å². The number of aromatic nitrogens is 3. The van der Waals surface area contributed by atoms with Crippen LogP contribution in [0.1, 0.15) is 12.7 Å². The molecule has 6 nitrogen and oxygen atoms in total. The molecule has 1 aliphatic heterocycles. The van der Waals surface area contributed by atoms with Gasteiger partial charge in [0.1, 0.15) is 11.6 Å². The quantitative estimate of drug-likeness (QED) is 0.539. The zero-order valence-corrected chi connectivity index (χ0v) is 14.9. The lowest BCUT2D eigenvalue weighted by Crippen LogP contribution is -2.36. The molecule has 1 saturated heterocycles. The average molecular weight is 348 g/mol. The number of rotatable bonds is 8. The van der Waals surface area contributed by atoms with Crippen molar-refractivity contribution >= 4 is 11.8 Å². The van der Waals surface area contributed by atoms with Crippen molar-refractivity contribution in [3.8, 4) is 5.75 Å². The highest BCUT2D eigenvalue weighted by Crippen LogP contribution is 2.18. The van der Waals surface area contributed by atoms with Crippen molar-refractivity contribution in [2.45, 2.75) is 25.2 Å². The monoisotopic (exact) mass is 348 g/mol. The van der Waals surface area contributed by atoms with Crippen LogP contribution in [0.4, 0.5) is 0 Å². The van der Waals surface area contributed by atoms with Crippen molar-refractivity contribution in [1.82, 2.24) is 19.7 Å². The maximum Gasteiger partial charge on any atom is 0.191 e. The summed E-state index contributed by atoms with van der Waals surface area (Å²) in [6, 6.07) is 9.89. The number of thioether (sulfide) groups is 1. The fraction of sp³-hybridized carbons (Fsp3) is 0.529. The Kier molecular flexibility index (Phi) is 6.51. The predicted molar refractivity (Wildman–Crippen MR) is 94.5 cm³/mol. The van der Waals surface area contributed by atoms with Crippen LogP contribution in [0.3, 0.4) is 0 Å². The molecule has 1 aliphatic rings. The van der Waals surface area contributed by atoms with Crippen LogP contribution in [0, 0.1) is 0 Å². The van der Waals surface area contributed by atoms with E-state index < -0.39 is 0 Å². The zero-order valence-electron chi connectivity index (χ0n) is 14.1. The Morgan fingerprint density at radius 2 is 1.96 bits per heavy atom. The zero-order chi connectivity index (χ0) is 16.6. The molecule has 0 atom stereocenters. The summed E-state index contributed by atoms with van der Waals surface area (Å²) < 4.78 is 13.3. The van der Waals surface area contributed by atoms with Crippen molar-refractivity contribution in [3.05, 3.63) is 36.2 Å². The first-order valence-electron chi connectivity index (χ1n) is 8.39. The summed E-state index contributed by atoms with van der Waals surface area (Å²) in [6.07, 6.45) is 0. The smallest absolute Gasteiger partial charge is 0.191 e. The molecule has 3 rings (SSSR count). The Morgan fingerprint density at radius 3 is 2.71 bits per heavy atom. The number of nitrogens with zero attached hydrogens (tertiary/aromatic N) is 4. The molecule has 24 heavy (non-hydrogen) atoms. The van der Waals surface area contributed by atoms with E-state index in [9.17, 15) is 0 Å². The molecule has 7 heteroatoms. The SMILES string of the molecule is CCn1c(CN2CCOCC2)nnc1SCCOc1ccccc1. The molecule has 1 aromatic heterocycles. The van der Waals surface area contributed by atoms with Crippen LogP contribution >= 0.6 is 11.8 Å². The van der Waals surface area contributed by atoms with E-state index in [4.69, 9.17) is 9.47 Å². The topological polar surface area (TPSA) is 52.4 Å². The Labute approximate surface area is 147 Å². The van der Waals surface area contributed by atoms with E-state index in [0.717, 1.165) is 61.9 Å². The van der Waals surface area contributed by atoms with Crippen LogP contribution in [0.5, 0.6) is 5.75 Å². The molecule has 2 heterocycles. The number of ether oxygens (including phenoxy) is 2. The summed E-state index contributed by atoms with van der Waals surface area (Å²) in [5, 5.41) is 9.72. The summed E-state index contributed by atoms with van der Waals surface area (Å²) in [7, 11) is 0. The maximum absolute atomic E-state index is 5.73. The molecule has 130 valence electrons. The molecule has 1 fully saturated rings. The number of hydrogen-bond donors (Lipinski definition) is 0. The third kappa shape index (κ3) is 4.72. The van der Waals surface area contributed by atoms with Crippen LogP contribution in [0.2, 0.25) is 0 Å². The van der Waals surface area contributed by atoms with Gasteiger partial charge in [-0.25, -0.2) is 0 Å². The molecule has 0 amide bonds. The van der Waals surface area contributed by atoms with Gasteiger partial charge in [-0.15, -0.1) is 10.2 Å². The van der Waals surface area contributed by atoms with E-state index in [1.165, 1.54) is 0 Å². The van der Waals surface area contributed by atoms with Gasteiger partial charge >= 0.3 is 0 Å². The van der Waals surface area contributed by atoms with Crippen LogP contribution in [0.15, 0.2) is 35.5 Å². The first kappa shape index (κ1) is 17.3. The van der Waals surface area contributed by atoms with E-state index in [-0.39, 0.29) is 0 Å². The Morgan fingerprint density at radius 1 is 1.17 bits per heavy atom. The normalized spacial score (nSPS) is 15.5. The van der Waals surface area contributed by atoms with Crippen molar-refractivity contribution in [3.63, 3.8) is 0 Å². The van der Waals surface area contributed by atoms with Gasteiger partial charge in [-0.2, -0.15) is 0 Å². The van der Waals surface area contributed by atoms with Crippen molar-refractivity contribution in [1.29, 1.82) is 0 Å². The molecular weight excluding hydrogens is 324 g/mol. The molecule has 0 aliphatic carbocycles. The lowest BCUT2D eigenvalue weighted by molar-refractivity contribution is 0.0325. The Bertz CT molecular complexity index is 614. The highest BCUT2D eigenvalue weighted by atomic mass is 32.2. The van der Waals surface area contributed by atoms with Crippen LogP contribution in [0.25, 0.3) is 0 Å². The second-order valence-electron chi connectivity index (χ2n) is 5.54. The van der Waals surface area contributed by atoms with Gasteiger partial charge in [0.2, 0.25) is 0 Å². The highest BCUT2D eigenvalue weighted by Gasteiger charge is 2.16. The minimum Gasteiger partial charge on any atom is -0.493 e. The summed E-state index contributed by atoms with van der Waals surface area (Å²) >= 11 is 1.69. The Hall–Kier alpha value is -1.57. The molecule has 0 spiro atoms. The van der Waals surface area contributed by atoms with Gasteiger partial charge in [-0.3, -0.25) is 4.90 Å². The number of morpholine rings is 1. The molecular formula is C17H24N4O2S. The second-order valence-corrected chi connectivity index (χ2v) is 6.60. The first-order valence-corrected chi connectivity index (χ1v) is 9.38. The van der Waals surface area contributed by atoms with E-state index in [1.54, 1.807) is 11.8 Å². The summed E-state index contributed by atoms with van der Waals surface area (Å²) in [4.78, 5) is 2.37. The number of hydrogen-bond acceptors (Lipinski definition) is 6. The van der Waals surface area contributed by atoms with Gasteiger partial charge in [-0.1, -0.05) is 30.0 Å². The molecule has 1 aromatic carbocycles. The molecule has 0 N–H and O–H groups in total. The molecule has 0 radical (unpaired) electrons. The van der Waals surface area contributed by atoms with E-state index in [0.29, 0.717) is 6.61 Å². The second kappa shape index (κ2) is 9.05. The van der Waals surface area contributed by atoms with E-state index >= 15 is 0 Å². The van der Waals surface area contributed by atoms with Crippen LogP contribution in [-0.4, -0.2) is 58.3 Å². The van der Waals surface area contributed by atoms with Gasteiger partial charge in [0.15, 0.2) is 5.16 Å². The molecule has 0 saturated carbocycles. The van der Waals surface area contributed by atoms with Gasteiger partial charge in [0.05, 0.1) is 26.4 Å². The standard InChI is InChI=1S/C17H24N4O2S/c1-2-21-16(14-20-8-10-22-11-9-20)18-19-17(21)24-13-12-23-15-6-4-3-5-7-15/h3-7H,2,8-14H2,1H3. The highest BCUT2D eigenvalue weighted by molar-refractivity contribution is 7.99. The summed E-state index contributed by atoms with van der Waals surface area (Å²) in [5.74, 6) is 2.79. The largest absolute Gasteiger partial charge is 0.493 e. The molecule has 2 aromatic rings. The fourth-order valence-corrected chi connectivity index (χ4v) is 3.47. The van der Waals surface area contributed by atoms with Crippen molar-refractivity contribution in [2.24, 2.45) is 0 Å². The lowest BCUT2D eigenvalue weighted by Gasteiger charge is -2.26. The third-order valence-electron chi connectivity index (χ3n) is 3.90. The predicted octanol–water partition coefficient (Wildman–Crippen LogP) is 2.30.